The topological polar surface area (TPSA) is 54.0 Å². The van der Waals surface area contributed by atoms with E-state index >= 15 is 0 Å². The minimum absolute atomic E-state index is 0.101. The largest absolute Gasteiger partial charge is 0.493 e. The highest BCUT2D eigenvalue weighted by atomic mass is 16.7. The second-order valence-corrected chi connectivity index (χ2v) is 3.13. The van der Waals surface area contributed by atoms with Crippen LogP contribution in [0.15, 0.2) is 12.1 Å². The van der Waals surface area contributed by atoms with Crippen molar-refractivity contribution in [1.29, 1.82) is 0 Å². The van der Waals surface area contributed by atoms with E-state index in [0.29, 0.717) is 29.4 Å². The fourth-order valence-corrected chi connectivity index (χ4v) is 1.29. The van der Waals surface area contributed by atoms with Crippen molar-refractivity contribution in [2.45, 2.75) is 6.92 Å². The zero-order chi connectivity index (χ0) is 12.7. The van der Waals surface area contributed by atoms with Crippen molar-refractivity contribution in [2.24, 2.45) is 0 Å². The van der Waals surface area contributed by atoms with E-state index in [0.717, 1.165) is 6.29 Å². The molecule has 0 amide bonds. The van der Waals surface area contributed by atoms with Gasteiger partial charge in [-0.15, -0.1) is 0 Å². The highest BCUT2D eigenvalue weighted by molar-refractivity contribution is 5.78. The van der Waals surface area contributed by atoms with Crippen LogP contribution in [0.5, 0.6) is 17.2 Å². The van der Waals surface area contributed by atoms with E-state index in [4.69, 9.17) is 18.9 Å². The van der Waals surface area contributed by atoms with Gasteiger partial charge < -0.3 is 18.9 Å². The highest BCUT2D eigenvalue weighted by Crippen LogP contribution is 2.38. The first kappa shape index (κ1) is 13.3. The number of ether oxygens (including phenoxy) is 4. The summed E-state index contributed by atoms with van der Waals surface area (Å²) in [6.45, 7) is 2.52. The SMILES string of the molecule is CCOCOc1c(OC)cc(C=O)cc1OC. The van der Waals surface area contributed by atoms with Crippen LogP contribution >= 0.6 is 0 Å². The summed E-state index contributed by atoms with van der Waals surface area (Å²) in [7, 11) is 2.99. The number of hydrogen-bond donors (Lipinski definition) is 0. The lowest BCUT2D eigenvalue weighted by atomic mass is 10.2. The number of hydrogen-bond acceptors (Lipinski definition) is 5. The minimum atomic E-state index is 0.101. The molecule has 1 aromatic carbocycles. The Balaban J connectivity index is 3.01. The van der Waals surface area contributed by atoms with Gasteiger partial charge in [0.25, 0.3) is 0 Å². The van der Waals surface area contributed by atoms with E-state index in [-0.39, 0.29) is 6.79 Å². The maximum absolute atomic E-state index is 10.7. The summed E-state index contributed by atoms with van der Waals surface area (Å²) >= 11 is 0. The number of methoxy groups -OCH3 is 2. The van der Waals surface area contributed by atoms with Crippen LogP contribution in [0.2, 0.25) is 0 Å². The molecule has 0 aromatic heterocycles. The van der Waals surface area contributed by atoms with Crippen LogP contribution in [0.3, 0.4) is 0 Å². The van der Waals surface area contributed by atoms with Gasteiger partial charge in [-0.1, -0.05) is 0 Å². The van der Waals surface area contributed by atoms with Crippen molar-refractivity contribution in [2.75, 3.05) is 27.6 Å². The van der Waals surface area contributed by atoms with Crippen molar-refractivity contribution in [3.63, 3.8) is 0 Å². The Kier molecular flexibility index (Phi) is 5.29. The van der Waals surface area contributed by atoms with Crippen molar-refractivity contribution in [1.82, 2.24) is 0 Å². The maximum atomic E-state index is 10.7. The van der Waals surface area contributed by atoms with Crippen LogP contribution in [0.4, 0.5) is 0 Å². The molecule has 0 N–H and O–H groups in total. The first-order valence-corrected chi connectivity index (χ1v) is 5.18. The normalized spacial score (nSPS) is 9.82. The van der Waals surface area contributed by atoms with Gasteiger partial charge in [0.2, 0.25) is 5.75 Å². The number of benzene rings is 1. The Morgan fingerprint density at radius 3 is 2.18 bits per heavy atom. The summed E-state index contributed by atoms with van der Waals surface area (Å²) in [6.07, 6.45) is 0.720. The van der Waals surface area contributed by atoms with E-state index in [1.165, 1.54) is 14.2 Å². The maximum Gasteiger partial charge on any atom is 0.206 e. The molecule has 0 saturated carbocycles. The molecular formula is C12H16O5. The van der Waals surface area contributed by atoms with Crippen molar-refractivity contribution < 1.29 is 23.7 Å². The van der Waals surface area contributed by atoms with Crippen molar-refractivity contribution in [3.8, 4) is 17.2 Å². The molecule has 0 unspecified atom stereocenters. The van der Waals surface area contributed by atoms with Gasteiger partial charge in [0, 0.05) is 12.2 Å². The van der Waals surface area contributed by atoms with Gasteiger partial charge >= 0.3 is 0 Å². The molecule has 5 heteroatoms. The molecule has 0 bridgehead atoms. The van der Waals surface area contributed by atoms with Gasteiger partial charge in [0.1, 0.15) is 6.29 Å². The van der Waals surface area contributed by atoms with Gasteiger partial charge in [-0.25, -0.2) is 0 Å². The molecule has 0 aliphatic heterocycles. The number of rotatable bonds is 7. The lowest BCUT2D eigenvalue weighted by molar-refractivity contribution is 0.0193. The van der Waals surface area contributed by atoms with Crippen LogP contribution in [0, 0.1) is 0 Å². The Morgan fingerprint density at radius 2 is 1.76 bits per heavy atom. The van der Waals surface area contributed by atoms with Gasteiger partial charge in [-0.05, 0) is 19.1 Å². The number of aldehydes is 1. The fraction of sp³-hybridized carbons (Fsp3) is 0.417. The van der Waals surface area contributed by atoms with Gasteiger partial charge in [0.05, 0.1) is 14.2 Å². The Hall–Kier alpha value is -1.75. The molecule has 0 atom stereocenters. The third-order valence-electron chi connectivity index (χ3n) is 2.11. The van der Waals surface area contributed by atoms with E-state index in [2.05, 4.69) is 0 Å². The molecule has 1 rings (SSSR count). The van der Waals surface area contributed by atoms with Crippen LogP contribution in [-0.4, -0.2) is 33.9 Å². The fourth-order valence-electron chi connectivity index (χ4n) is 1.29. The summed E-state index contributed by atoms with van der Waals surface area (Å²) < 4.78 is 20.8. The molecule has 0 spiro atoms. The molecular weight excluding hydrogens is 224 g/mol. The predicted octanol–water partition coefficient (Wildman–Crippen LogP) is 1.89. The Morgan fingerprint density at radius 1 is 1.18 bits per heavy atom. The van der Waals surface area contributed by atoms with E-state index in [1.807, 2.05) is 6.92 Å². The zero-order valence-electron chi connectivity index (χ0n) is 10.2. The van der Waals surface area contributed by atoms with Crippen LogP contribution in [0.25, 0.3) is 0 Å². The first-order chi connectivity index (χ1) is 8.26. The molecule has 1 aromatic rings. The molecule has 0 heterocycles. The van der Waals surface area contributed by atoms with Crippen molar-refractivity contribution >= 4 is 6.29 Å². The Labute approximate surface area is 100 Å². The standard InChI is InChI=1S/C12H16O5/c1-4-16-8-17-12-10(14-2)5-9(7-13)6-11(12)15-3/h5-7H,4,8H2,1-3H3. The molecule has 0 fully saturated rings. The quantitative estimate of drug-likeness (QED) is 0.414. The van der Waals surface area contributed by atoms with Gasteiger partial charge in [0.15, 0.2) is 18.3 Å². The second-order valence-electron chi connectivity index (χ2n) is 3.13. The van der Waals surface area contributed by atoms with Crippen molar-refractivity contribution in [3.05, 3.63) is 17.7 Å². The summed E-state index contributed by atoms with van der Waals surface area (Å²) in [5.74, 6) is 1.30. The highest BCUT2D eigenvalue weighted by Gasteiger charge is 2.13. The summed E-state index contributed by atoms with van der Waals surface area (Å²) in [4.78, 5) is 10.7. The molecule has 0 radical (unpaired) electrons. The summed E-state index contributed by atoms with van der Waals surface area (Å²) in [5.41, 5.74) is 0.461. The predicted molar refractivity (Wildman–Crippen MR) is 62.1 cm³/mol. The van der Waals surface area contributed by atoms with Gasteiger partial charge in [-0.3, -0.25) is 4.79 Å². The van der Waals surface area contributed by atoms with Crippen LogP contribution < -0.4 is 14.2 Å². The monoisotopic (exact) mass is 240 g/mol. The average Bonchev–Trinajstić information content (AvgIpc) is 2.38. The number of carbonyl (C=O) groups is 1. The number of carbonyl (C=O) groups excluding carboxylic acids is 1. The van der Waals surface area contributed by atoms with E-state index in [1.54, 1.807) is 12.1 Å². The third kappa shape index (κ3) is 3.35. The summed E-state index contributed by atoms with van der Waals surface area (Å²) in [6, 6.07) is 3.16. The molecule has 0 aliphatic carbocycles. The lowest BCUT2D eigenvalue weighted by Gasteiger charge is -2.14. The second kappa shape index (κ2) is 6.75. The average molecular weight is 240 g/mol. The zero-order valence-corrected chi connectivity index (χ0v) is 10.2. The lowest BCUT2D eigenvalue weighted by Crippen LogP contribution is -2.05. The summed E-state index contributed by atoms with van der Waals surface area (Å²) in [5, 5.41) is 0. The molecule has 17 heavy (non-hydrogen) atoms. The molecule has 0 aliphatic rings. The van der Waals surface area contributed by atoms with Crippen LogP contribution in [0.1, 0.15) is 17.3 Å². The Bertz CT molecular complexity index is 350. The van der Waals surface area contributed by atoms with E-state index in [9.17, 15) is 4.79 Å². The smallest absolute Gasteiger partial charge is 0.206 e. The third-order valence-corrected chi connectivity index (χ3v) is 2.11. The molecule has 5 nitrogen and oxygen atoms in total. The van der Waals surface area contributed by atoms with Crippen LogP contribution in [-0.2, 0) is 4.74 Å². The molecule has 0 saturated heterocycles. The van der Waals surface area contributed by atoms with Gasteiger partial charge in [-0.2, -0.15) is 0 Å². The minimum Gasteiger partial charge on any atom is -0.493 e. The first-order valence-electron chi connectivity index (χ1n) is 5.18. The molecule has 94 valence electrons. The van der Waals surface area contributed by atoms with E-state index < -0.39 is 0 Å².